The molecular weight excluding hydrogens is 238 g/mol. The highest BCUT2D eigenvalue weighted by Gasteiger charge is 2.37. The van der Waals surface area contributed by atoms with Crippen molar-refractivity contribution in [2.75, 3.05) is 13.1 Å². The molecule has 0 aliphatic carbocycles. The smallest absolute Gasteiger partial charge is 0.128 e. The fourth-order valence-corrected chi connectivity index (χ4v) is 3.36. The molecule has 3 heteroatoms. The van der Waals surface area contributed by atoms with Crippen molar-refractivity contribution in [2.45, 2.75) is 51.2 Å². The van der Waals surface area contributed by atoms with Crippen LogP contribution < -0.4 is 4.74 Å². The van der Waals surface area contributed by atoms with E-state index >= 15 is 0 Å². The van der Waals surface area contributed by atoms with Crippen molar-refractivity contribution in [1.82, 2.24) is 4.90 Å². The van der Waals surface area contributed by atoms with Crippen LogP contribution in [0.25, 0.3) is 0 Å². The van der Waals surface area contributed by atoms with Crippen LogP contribution >= 0.6 is 0 Å². The first-order valence-electron chi connectivity index (χ1n) is 7.31. The van der Waals surface area contributed by atoms with Gasteiger partial charge in [0.25, 0.3) is 0 Å². The molecule has 0 aromatic heterocycles. The molecule has 0 amide bonds. The molecule has 3 rings (SSSR count). The van der Waals surface area contributed by atoms with Crippen molar-refractivity contribution in [3.05, 3.63) is 23.8 Å². The van der Waals surface area contributed by atoms with Crippen LogP contribution in [0.15, 0.2) is 18.2 Å². The van der Waals surface area contributed by atoms with E-state index in [2.05, 4.69) is 18.7 Å². The number of rotatable bonds is 1. The predicted molar refractivity (Wildman–Crippen MR) is 75.6 cm³/mol. The quantitative estimate of drug-likeness (QED) is 0.840. The number of nitrogens with zero attached hydrogens (tertiary/aromatic N) is 1. The SMILES string of the molecule is CC1(C)CC(N2CCCCC2)c2ccc(O)cc2O1. The molecule has 3 nitrogen and oxygen atoms in total. The third-order valence-corrected chi connectivity index (χ3v) is 4.26. The molecule has 1 saturated heterocycles. The standard InChI is InChI=1S/C16H23NO2/c1-16(2)11-14(17-8-4-3-5-9-17)13-7-6-12(18)10-15(13)19-16/h6-7,10,14,18H,3-5,8-9,11H2,1-2H3. The molecule has 1 aromatic rings. The van der Waals surface area contributed by atoms with Gasteiger partial charge < -0.3 is 9.84 Å². The maximum atomic E-state index is 9.66. The van der Waals surface area contributed by atoms with Crippen molar-refractivity contribution in [3.63, 3.8) is 0 Å². The number of aromatic hydroxyl groups is 1. The molecule has 0 bridgehead atoms. The lowest BCUT2D eigenvalue weighted by Gasteiger charge is -2.43. The lowest BCUT2D eigenvalue weighted by atomic mass is 9.87. The predicted octanol–water partition coefficient (Wildman–Crippen LogP) is 3.48. The van der Waals surface area contributed by atoms with E-state index in [0.29, 0.717) is 6.04 Å². The summed E-state index contributed by atoms with van der Waals surface area (Å²) in [7, 11) is 0. The highest BCUT2D eigenvalue weighted by molar-refractivity contribution is 5.44. The summed E-state index contributed by atoms with van der Waals surface area (Å²) in [6.45, 7) is 6.63. The Labute approximate surface area is 115 Å². The van der Waals surface area contributed by atoms with Crippen molar-refractivity contribution < 1.29 is 9.84 Å². The summed E-state index contributed by atoms with van der Waals surface area (Å²) >= 11 is 0. The second kappa shape index (κ2) is 4.71. The van der Waals surface area contributed by atoms with Gasteiger partial charge in [0.1, 0.15) is 17.1 Å². The van der Waals surface area contributed by atoms with Crippen LogP contribution in [0, 0.1) is 0 Å². The Hall–Kier alpha value is -1.22. The number of ether oxygens (including phenoxy) is 1. The molecular formula is C16H23NO2. The van der Waals surface area contributed by atoms with Gasteiger partial charge in [0.2, 0.25) is 0 Å². The van der Waals surface area contributed by atoms with Gasteiger partial charge in [0.15, 0.2) is 0 Å². The van der Waals surface area contributed by atoms with Crippen LogP contribution in [0.5, 0.6) is 11.5 Å². The monoisotopic (exact) mass is 261 g/mol. The first-order valence-corrected chi connectivity index (χ1v) is 7.31. The number of piperidine rings is 1. The molecule has 0 saturated carbocycles. The molecule has 1 aromatic carbocycles. The number of hydrogen-bond donors (Lipinski definition) is 1. The topological polar surface area (TPSA) is 32.7 Å². The van der Waals surface area contributed by atoms with Gasteiger partial charge >= 0.3 is 0 Å². The molecule has 2 aliphatic heterocycles. The number of benzene rings is 1. The van der Waals surface area contributed by atoms with Crippen LogP contribution in [-0.2, 0) is 0 Å². The maximum absolute atomic E-state index is 9.66. The van der Waals surface area contributed by atoms with Crippen LogP contribution in [0.4, 0.5) is 0 Å². The van der Waals surface area contributed by atoms with Gasteiger partial charge in [-0.15, -0.1) is 0 Å². The van der Waals surface area contributed by atoms with Gasteiger partial charge in [-0.3, -0.25) is 4.90 Å². The Kier molecular flexibility index (Phi) is 3.17. The molecule has 0 spiro atoms. The van der Waals surface area contributed by atoms with Crippen molar-refractivity contribution in [2.24, 2.45) is 0 Å². The van der Waals surface area contributed by atoms with E-state index in [1.807, 2.05) is 6.07 Å². The van der Waals surface area contributed by atoms with Crippen molar-refractivity contribution >= 4 is 0 Å². The minimum absolute atomic E-state index is 0.164. The zero-order valence-corrected chi connectivity index (χ0v) is 11.9. The van der Waals surface area contributed by atoms with Gasteiger partial charge in [0, 0.05) is 24.1 Å². The molecule has 0 radical (unpaired) electrons. The van der Waals surface area contributed by atoms with Gasteiger partial charge in [-0.05, 0) is 45.8 Å². The lowest BCUT2D eigenvalue weighted by Crippen LogP contribution is -2.43. The third kappa shape index (κ3) is 2.57. The fourth-order valence-electron chi connectivity index (χ4n) is 3.36. The summed E-state index contributed by atoms with van der Waals surface area (Å²) in [5.41, 5.74) is 1.07. The normalized spacial score (nSPS) is 26.5. The largest absolute Gasteiger partial charge is 0.508 e. The van der Waals surface area contributed by atoms with E-state index in [1.54, 1.807) is 12.1 Å². The Morgan fingerprint density at radius 1 is 1.21 bits per heavy atom. The molecule has 1 N–H and O–H groups in total. The highest BCUT2D eigenvalue weighted by atomic mass is 16.5. The molecule has 104 valence electrons. The van der Waals surface area contributed by atoms with Gasteiger partial charge in [0.05, 0.1) is 0 Å². The summed E-state index contributed by atoms with van der Waals surface area (Å²) in [4.78, 5) is 2.59. The third-order valence-electron chi connectivity index (χ3n) is 4.26. The van der Waals surface area contributed by atoms with Crippen LogP contribution in [-0.4, -0.2) is 28.7 Å². The number of fused-ring (bicyclic) bond motifs is 1. The second-order valence-electron chi connectivity index (χ2n) is 6.40. The second-order valence-corrected chi connectivity index (χ2v) is 6.40. The van der Waals surface area contributed by atoms with E-state index in [9.17, 15) is 5.11 Å². The maximum Gasteiger partial charge on any atom is 0.128 e. The summed E-state index contributed by atoms with van der Waals surface area (Å²) < 4.78 is 6.03. The van der Waals surface area contributed by atoms with Crippen LogP contribution in [0.3, 0.4) is 0 Å². The van der Waals surface area contributed by atoms with Crippen molar-refractivity contribution in [1.29, 1.82) is 0 Å². The Balaban J connectivity index is 1.95. The average molecular weight is 261 g/mol. The molecule has 2 heterocycles. The Bertz CT molecular complexity index is 464. The van der Waals surface area contributed by atoms with E-state index < -0.39 is 0 Å². The average Bonchev–Trinajstić information content (AvgIpc) is 2.37. The first kappa shape index (κ1) is 12.8. The molecule has 1 fully saturated rings. The summed E-state index contributed by atoms with van der Waals surface area (Å²) in [6, 6.07) is 5.99. The molecule has 2 aliphatic rings. The van der Waals surface area contributed by atoms with Gasteiger partial charge in [-0.25, -0.2) is 0 Å². The number of phenols is 1. The number of hydrogen-bond acceptors (Lipinski definition) is 3. The molecule has 1 atom stereocenters. The van der Waals surface area contributed by atoms with E-state index in [1.165, 1.54) is 37.9 Å². The van der Waals surface area contributed by atoms with E-state index in [4.69, 9.17) is 4.74 Å². The summed E-state index contributed by atoms with van der Waals surface area (Å²) in [5, 5.41) is 9.66. The molecule has 19 heavy (non-hydrogen) atoms. The minimum Gasteiger partial charge on any atom is -0.508 e. The molecule has 1 unspecified atom stereocenters. The minimum atomic E-state index is -0.164. The highest BCUT2D eigenvalue weighted by Crippen LogP contribution is 2.44. The van der Waals surface area contributed by atoms with Crippen LogP contribution in [0.2, 0.25) is 0 Å². The van der Waals surface area contributed by atoms with E-state index in [-0.39, 0.29) is 11.4 Å². The number of phenolic OH excluding ortho intramolecular Hbond substituents is 1. The van der Waals surface area contributed by atoms with Crippen molar-refractivity contribution in [3.8, 4) is 11.5 Å². The van der Waals surface area contributed by atoms with Gasteiger partial charge in [-0.1, -0.05) is 12.5 Å². The van der Waals surface area contributed by atoms with Gasteiger partial charge in [-0.2, -0.15) is 0 Å². The Morgan fingerprint density at radius 3 is 2.68 bits per heavy atom. The zero-order chi connectivity index (χ0) is 13.5. The lowest BCUT2D eigenvalue weighted by molar-refractivity contribution is 0.0236. The summed E-state index contributed by atoms with van der Waals surface area (Å²) in [5.74, 6) is 1.14. The van der Waals surface area contributed by atoms with E-state index in [0.717, 1.165) is 12.2 Å². The first-order chi connectivity index (χ1) is 9.05. The Morgan fingerprint density at radius 2 is 1.95 bits per heavy atom. The summed E-state index contributed by atoms with van der Waals surface area (Å²) in [6.07, 6.45) is 4.97. The number of likely N-dealkylation sites (tertiary alicyclic amines) is 1. The fraction of sp³-hybridized carbons (Fsp3) is 0.625. The zero-order valence-electron chi connectivity index (χ0n) is 11.9. The van der Waals surface area contributed by atoms with Crippen LogP contribution in [0.1, 0.15) is 51.1 Å².